The molecule has 2 aromatic carbocycles. The van der Waals surface area contributed by atoms with Crippen LogP contribution in [0.1, 0.15) is 98.1 Å². The topological polar surface area (TPSA) is 180 Å². The summed E-state index contributed by atoms with van der Waals surface area (Å²) in [5.41, 5.74) is 4.68. The molecule has 0 saturated heterocycles. The number of nitrogens with zero attached hydrogens (tertiary/aromatic N) is 3. The van der Waals surface area contributed by atoms with Gasteiger partial charge in [0.15, 0.2) is 5.71 Å². The van der Waals surface area contributed by atoms with Gasteiger partial charge in [0.25, 0.3) is 0 Å². The molecule has 15 nitrogen and oxygen atoms in total. The fourth-order valence-electron chi connectivity index (χ4n) is 9.08. The first kappa shape index (κ1) is 53.1. The van der Waals surface area contributed by atoms with E-state index in [1.807, 2.05) is 81.5 Å². The van der Waals surface area contributed by atoms with Crippen molar-refractivity contribution in [2.24, 2.45) is 17.3 Å². The lowest BCUT2D eigenvalue weighted by atomic mass is 9.73. The van der Waals surface area contributed by atoms with Gasteiger partial charge < -0.3 is 10.2 Å². The number of allylic oxidation sites excluding steroid dienone is 8. The minimum absolute atomic E-state index is 0.0361. The molecule has 3 aliphatic rings. The second-order valence-electron chi connectivity index (χ2n) is 18.5. The number of benzene rings is 2. The van der Waals surface area contributed by atoms with E-state index in [0.29, 0.717) is 37.6 Å². The van der Waals surface area contributed by atoms with Gasteiger partial charge in [0, 0.05) is 113 Å². The van der Waals surface area contributed by atoms with Crippen LogP contribution in [0, 0.1) is 17.3 Å². The quantitative estimate of drug-likeness (QED) is 0.0253. The van der Waals surface area contributed by atoms with E-state index < -0.39 is 15.4 Å². The van der Waals surface area contributed by atoms with Crippen molar-refractivity contribution < 1.29 is 61.7 Å². The number of Topliss-reactive ketones (excluding diaryl/α,β-unsaturated/α-hetero) is 1. The van der Waals surface area contributed by atoms with Gasteiger partial charge in [-0.1, -0.05) is 75.1 Å². The third kappa shape index (κ3) is 13.2. The van der Waals surface area contributed by atoms with E-state index in [4.69, 9.17) is 10.5 Å². The zero-order chi connectivity index (χ0) is 47.4. The van der Waals surface area contributed by atoms with Crippen LogP contribution in [0.2, 0.25) is 0 Å². The predicted molar refractivity (Wildman–Crippen MR) is 253 cm³/mol. The first-order valence-corrected chi connectivity index (χ1v) is 25.7. The molecule has 0 radical (unpaired) electrons. The van der Waals surface area contributed by atoms with Crippen LogP contribution in [0.4, 0.5) is 11.4 Å². The summed E-state index contributed by atoms with van der Waals surface area (Å²) in [6.45, 7) is 16.0. The van der Waals surface area contributed by atoms with Crippen molar-refractivity contribution in [3.63, 3.8) is 0 Å². The van der Waals surface area contributed by atoms with Crippen LogP contribution in [0.25, 0.3) is 0 Å². The molecule has 1 aliphatic carbocycles. The molecule has 65 heavy (non-hydrogen) atoms. The van der Waals surface area contributed by atoms with E-state index >= 15 is 0 Å². The molecule has 19 heteroatoms. The van der Waals surface area contributed by atoms with E-state index in [1.54, 1.807) is 13.1 Å². The number of ketones is 1. The normalized spacial score (nSPS) is 20.4. The Morgan fingerprint density at radius 3 is 2.26 bits per heavy atom. The zero-order valence-electron chi connectivity index (χ0n) is 38.4. The number of hydrogen-bond acceptors (Lipinski definition) is 16. The van der Waals surface area contributed by atoms with Crippen molar-refractivity contribution >= 4 is 69.0 Å². The Hall–Kier alpha value is -2.86. The average molecular weight is 978 g/mol. The standard InChI is InChI=1S/C46H63N3O12S4/c1-44(2,3)43(50)34-20-18-33(19-21-34)32-47(8)65(54,55)36-23-25-40-38(31-36)46(6,7)42(49(40)27-15-29-63-60-57-52)17-13-11-9-10-12-16-41-45(4,5)37-30-35(64-61-58-53)22-24-39(37)48(41)26-14-28-62-59-56-51/h9-13,16-17,22-25,30-31,33-34H,14-15,18-21,26-29,32H2,1-8H3,(H2-,51,52,53). The summed E-state index contributed by atoms with van der Waals surface area (Å²) < 4.78 is 45.7. The van der Waals surface area contributed by atoms with Gasteiger partial charge in [-0.2, -0.15) is 8.91 Å². The fourth-order valence-corrected chi connectivity index (χ4v) is 11.5. The van der Waals surface area contributed by atoms with Gasteiger partial charge in [0.2, 0.25) is 15.7 Å². The Balaban J connectivity index is 1.33. The van der Waals surface area contributed by atoms with E-state index in [2.05, 4.69) is 77.4 Å². The summed E-state index contributed by atoms with van der Waals surface area (Å²) in [5, 5.41) is 38.6. The maximum absolute atomic E-state index is 14.1. The molecule has 0 bridgehead atoms. The second-order valence-corrected chi connectivity index (χ2v) is 22.8. The van der Waals surface area contributed by atoms with Crippen LogP contribution in [-0.2, 0) is 53.8 Å². The van der Waals surface area contributed by atoms with Crippen LogP contribution in [0.5, 0.6) is 0 Å². The Morgan fingerprint density at radius 2 is 1.57 bits per heavy atom. The van der Waals surface area contributed by atoms with E-state index in [9.17, 15) is 18.5 Å². The molecule has 0 amide bonds. The molecule has 1 fully saturated rings. The second kappa shape index (κ2) is 23.9. The van der Waals surface area contributed by atoms with E-state index in [0.717, 1.165) is 107 Å². The third-order valence-corrected chi connectivity index (χ3v) is 16.0. The maximum Gasteiger partial charge on any atom is 0.242 e. The smallest absolute Gasteiger partial charge is 0.242 e. The lowest BCUT2D eigenvalue weighted by molar-refractivity contribution is -0.777. The van der Waals surface area contributed by atoms with Crippen molar-refractivity contribution in [3.8, 4) is 0 Å². The highest BCUT2D eigenvalue weighted by atomic mass is 32.2. The highest BCUT2D eigenvalue weighted by Crippen LogP contribution is 2.49. The van der Waals surface area contributed by atoms with Crippen molar-refractivity contribution in [3.05, 3.63) is 95.8 Å². The van der Waals surface area contributed by atoms with Gasteiger partial charge in [0.05, 0.1) is 22.4 Å². The Kier molecular flexibility index (Phi) is 19.5. The van der Waals surface area contributed by atoms with Gasteiger partial charge in [-0.3, -0.25) is 9.83 Å². The van der Waals surface area contributed by atoms with Crippen LogP contribution >= 0.6 is 36.1 Å². The lowest BCUT2D eigenvalue weighted by Crippen LogP contribution is -2.36. The van der Waals surface area contributed by atoms with Gasteiger partial charge in [-0.25, -0.2) is 23.2 Å². The molecule has 0 unspecified atom stereocenters. The molecule has 2 heterocycles. The Bertz CT molecular complexity index is 2210. The number of fused-ring (bicyclic) bond motifs is 2. The first-order chi connectivity index (χ1) is 30.9. The highest BCUT2D eigenvalue weighted by Gasteiger charge is 2.45. The van der Waals surface area contributed by atoms with Gasteiger partial charge in [0.1, 0.15) is 12.3 Å². The first-order valence-electron chi connectivity index (χ1n) is 21.7. The summed E-state index contributed by atoms with van der Waals surface area (Å²) in [6, 6.07) is 11.3. The Labute approximate surface area is 396 Å². The Morgan fingerprint density at radius 1 is 0.892 bits per heavy atom. The average Bonchev–Trinajstić information content (AvgIpc) is 3.61. The SMILES string of the molecule is CN(CC1CCC(C(=O)C(C)(C)C)CC1)S(=O)(=O)c1ccc2c(c1)C(C)(C)\C(=C/C=C/C=C/C=C/C1=[N+](CCCSOOO)c3ccc(SOOO)cc3C1(C)C)N2CCCSOO[O-]. The molecule has 2 aliphatic heterocycles. The largest absolute Gasteiger partial charge is 0.691 e. The van der Waals surface area contributed by atoms with E-state index in [-0.39, 0.29) is 33.3 Å². The highest BCUT2D eigenvalue weighted by molar-refractivity contribution is 7.95. The minimum Gasteiger partial charge on any atom is -0.691 e. The van der Waals surface area contributed by atoms with Gasteiger partial charge in [-0.05, 0) is 93.8 Å². The molecule has 0 spiro atoms. The van der Waals surface area contributed by atoms with Crippen molar-refractivity contribution in [2.75, 3.05) is 43.1 Å². The monoisotopic (exact) mass is 977 g/mol. The molecular formula is C46H63N3O12S4. The van der Waals surface area contributed by atoms with Crippen LogP contribution in [0.3, 0.4) is 0 Å². The third-order valence-electron chi connectivity index (χ3n) is 12.4. The van der Waals surface area contributed by atoms with Crippen LogP contribution in [-0.4, -0.2) is 77.5 Å². The summed E-state index contributed by atoms with van der Waals surface area (Å²) in [7, 11) is -2.16. The van der Waals surface area contributed by atoms with Crippen molar-refractivity contribution in [2.45, 2.75) is 108 Å². The minimum atomic E-state index is -3.81. The molecule has 2 N–H and O–H groups in total. The van der Waals surface area contributed by atoms with Crippen molar-refractivity contribution in [1.29, 1.82) is 0 Å². The van der Waals surface area contributed by atoms with E-state index in [1.165, 1.54) is 4.31 Å². The molecule has 358 valence electrons. The number of sulfonamides is 1. The summed E-state index contributed by atoms with van der Waals surface area (Å²) in [5.74, 6) is 1.61. The molecule has 0 atom stereocenters. The summed E-state index contributed by atoms with van der Waals surface area (Å²) in [4.78, 5) is 16.1. The molecule has 0 aromatic heterocycles. The maximum atomic E-state index is 14.1. The number of carbonyl (C=O) groups excluding carboxylic acids is 1. The number of hydrogen-bond donors (Lipinski definition) is 2. The van der Waals surface area contributed by atoms with Crippen LogP contribution < -0.4 is 10.2 Å². The molecule has 5 rings (SSSR count). The number of rotatable bonds is 24. The van der Waals surface area contributed by atoms with Gasteiger partial charge in [-0.15, -0.1) is 8.67 Å². The van der Waals surface area contributed by atoms with Gasteiger partial charge >= 0.3 is 0 Å². The fraction of sp³-hybridized carbons (Fsp3) is 0.522. The number of anilines is 1. The lowest BCUT2D eigenvalue weighted by Gasteiger charge is -2.33. The molecule has 1 saturated carbocycles. The predicted octanol–water partition coefficient (Wildman–Crippen LogP) is 9.60. The summed E-state index contributed by atoms with van der Waals surface area (Å²) >= 11 is 2.86. The summed E-state index contributed by atoms with van der Waals surface area (Å²) in [6.07, 6.45) is 18.6. The molecular weight excluding hydrogens is 915 g/mol. The number of carbonyl (C=O) groups is 1. The van der Waals surface area contributed by atoms with Crippen molar-refractivity contribution in [1.82, 2.24) is 4.31 Å². The molecule has 2 aromatic rings. The zero-order valence-corrected chi connectivity index (χ0v) is 41.7. The van der Waals surface area contributed by atoms with Crippen LogP contribution in [0.15, 0.2) is 94.4 Å².